The summed E-state index contributed by atoms with van der Waals surface area (Å²) in [6, 6.07) is 5.73. The molecule has 0 unspecified atom stereocenters. The zero-order valence-corrected chi connectivity index (χ0v) is 13.3. The number of carbonyl (C=O) groups excluding carboxylic acids is 2. The molecule has 2 aromatic rings. The van der Waals surface area contributed by atoms with Crippen LogP contribution in [0, 0.1) is 10.1 Å². The van der Waals surface area contributed by atoms with Crippen LogP contribution in [-0.4, -0.2) is 21.3 Å². The normalized spacial score (nSPS) is 10.9. The molecule has 142 valence electrons. The summed E-state index contributed by atoms with van der Waals surface area (Å²) in [6.45, 7) is -0.761. The summed E-state index contributed by atoms with van der Waals surface area (Å²) in [5.74, 6) is -1.76. The Labute approximate surface area is 148 Å². The van der Waals surface area contributed by atoms with E-state index in [0.717, 1.165) is 24.3 Å². The van der Waals surface area contributed by atoms with E-state index in [-0.39, 0.29) is 11.3 Å². The van der Waals surface area contributed by atoms with Crippen LogP contribution in [0.4, 0.5) is 18.9 Å². The van der Waals surface area contributed by atoms with Crippen LogP contribution < -0.4 is 16.4 Å². The first-order chi connectivity index (χ1) is 12.6. The Morgan fingerprint density at radius 3 is 2.26 bits per heavy atom. The molecule has 0 spiro atoms. The van der Waals surface area contributed by atoms with E-state index in [1.807, 2.05) is 10.9 Å². The van der Waals surface area contributed by atoms with Gasteiger partial charge in [0.2, 0.25) is 0 Å². The molecule has 0 bridgehead atoms. The number of aromatic nitrogens is 1. The first kappa shape index (κ1) is 19.6. The van der Waals surface area contributed by atoms with Crippen molar-refractivity contribution in [3.8, 4) is 0 Å². The van der Waals surface area contributed by atoms with Crippen molar-refractivity contribution in [1.82, 2.24) is 15.4 Å². The minimum atomic E-state index is -4.68. The third-order valence-corrected chi connectivity index (χ3v) is 3.28. The van der Waals surface area contributed by atoms with Crippen molar-refractivity contribution >= 4 is 17.5 Å². The van der Waals surface area contributed by atoms with E-state index in [0.29, 0.717) is 22.9 Å². The molecule has 0 saturated carbocycles. The SMILES string of the molecule is O=C(Cn1cc(C(F)(F)F)ccc1=O)NNC(=O)c1ccc([N+](=O)[O-])cc1. The van der Waals surface area contributed by atoms with Crippen molar-refractivity contribution in [2.24, 2.45) is 0 Å². The van der Waals surface area contributed by atoms with Gasteiger partial charge in [-0.25, -0.2) is 0 Å². The van der Waals surface area contributed by atoms with Gasteiger partial charge in [-0.05, 0) is 18.2 Å². The minimum absolute atomic E-state index is 0.00265. The van der Waals surface area contributed by atoms with Gasteiger partial charge in [-0.2, -0.15) is 13.2 Å². The van der Waals surface area contributed by atoms with E-state index in [4.69, 9.17) is 0 Å². The van der Waals surface area contributed by atoms with E-state index in [1.54, 1.807) is 0 Å². The topological polar surface area (TPSA) is 123 Å². The molecule has 0 aliphatic rings. The van der Waals surface area contributed by atoms with Crippen LogP contribution in [-0.2, 0) is 17.5 Å². The van der Waals surface area contributed by atoms with Crippen molar-refractivity contribution in [3.63, 3.8) is 0 Å². The maximum atomic E-state index is 12.6. The largest absolute Gasteiger partial charge is 0.417 e. The molecule has 1 aromatic heterocycles. The van der Waals surface area contributed by atoms with Gasteiger partial charge in [0.15, 0.2) is 0 Å². The molecule has 27 heavy (non-hydrogen) atoms. The lowest BCUT2D eigenvalue weighted by Gasteiger charge is -2.11. The Bertz CT molecular complexity index is 938. The average molecular weight is 384 g/mol. The molecule has 0 atom stereocenters. The fraction of sp³-hybridized carbons (Fsp3) is 0.133. The number of nitrogens with zero attached hydrogens (tertiary/aromatic N) is 2. The van der Waals surface area contributed by atoms with E-state index >= 15 is 0 Å². The molecule has 2 rings (SSSR count). The van der Waals surface area contributed by atoms with Gasteiger partial charge in [0, 0.05) is 30.0 Å². The fourth-order valence-corrected chi connectivity index (χ4v) is 1.95. The summed E-state index contributed by atoms with van der Waals surface area (Å²) in [6.07, 6.45) is -4.20. The minimum Gasteiger partial charge on any atom is -0.305 e. The molecule has 0 fully saturated rings. The molecule has 2 N–H and O–H groups in total. The zero-order valence-electron chi connectivity index (χ0n) is 13.3. The molecular formula is C15H11F3N4O5. The lowest BCUT2D eigenvalue weighted by molar-refractivity contribution is -0.384. The molecule has 1 heterocycles. The van der Waals surface area contributed by atoms with Crippen LogP contribution >= 0.6 is 0 Å². The monoisotopic (exact) mass is 384 g/mol. The van der Waals surface area contributed by atoms with Crippen molar-refractivity contribution in [3.05, 3.63) is 74.2 Å². The fourth-order valence-electron chi connectivity index (χ4n) is 1.95. The van der Waals surface area contributed by atoms with Gasteiger partial charge >= 0.3 is 6.18 Å². The lowest BCUT2D eigenvalue weighted by atomic mass is 10.2. The van der Waals surface area contributed by atoms with Crippen LogP contribution in [0.25, 0.3) is 0 Å². The number of benzene rings is 1. The van der Waals surface area contributed by atoms with Crippen LogP contribution in [0.5, 0.6) is 0 Å². The summed E-state index contributed by atoms with van der Waals surface area (Å²) in [5, 5.41) is 10.5. The first-order valence-corrected chi connectivity index (χ1v) is 7.19. The van der Waals surface area contributed by atoms with E-state index in [2.05, 4.69) is 0 Å². The summed E-state index contributed by atoms with van der Waals surface area (Å²) in [7, 11) is 0. The third-order valence-electron chi connectivity index (χ3n) is 3.28. The lowest BCUT2D eigenvalue weighted by Crippen LogP contribution is -2.44. The number of alkyl halides is 3. The number of rotatable bonds is 4. The molecule has 0 aliphatic heterocycles. The summed E-state index contributed by atoms with van der Waals surface area (Å²) < 4.78 is 38.5. The number of pyridine rings is 1. The highest BCUT2D eigenvalue weighted by Gasteiger charge is 2.31. The van der Waals surface area contributed by atoms with Gasteiger partial charge in [0.05, 0.1) is 10.5 Å². The van der Waals surface area contributed by atoms with Gasteiger partial charge < -0.3 is 4.57 Å². The number of carbonyl (C=O) groups is 2. The number of nitro benzene ring substituents is 1. The number of hydrogen-bond donors (Lipinski definition) is 2. The van der Waals surface area contributed by atoms with Crippen LogP contribution in [0.1, 0.15) is 15.9 Å². The van der Waals surface area contributed by atoms with Crippen LogP contribution in [0.3, 0.4) is 0 Å². The summed E-state index contributed by atoms with van der Waals surface area (Å²) >= 11 is 0. The second kappa shape index (κ2) is 7.68. The molecule has 0 saturated heterocycles. The number of hydrogen-bond acceptors (Lipinski definition) is 5. The molecule has 12 heteroatoms. The van der Waals surface area contributed by atoms with Crippen molar-refractivity contribution in [1.29, 1.82) is 0 Å². The molecule has 0 aliphatic carbocycles. The quantitative estimate of drug-likeness (QED) is 0.606. The Balaban J connectivity index is 1.99. The molecule has 9 nitrogen and oxygen atoms in total. The molecule has 2 amide bonds. The summed E-state index contributed by atoms with van der Waals surface area (Å²) in [4.78, 5) is 45.0. The van der Waals surface area contributed by atoms with Crippen LogP contribution in [0.15, 0.2) is 47.4 Å². The Morgan fingerprint density at radius 1 is 1.07 bits per heavy atom. The maximum absolute atomic E-state index is 12.6. The van der Waals surface area contributed by atoms with Gasteiger partial charge in [0.25, 0.3) is 23.1 Å². The van der Waals surface area contributed by atoms with Crippen molar-refractivity contribution in [2.45, 2.75) is 12.7 Å². The smallest absolute Gasteiger partial charge is 0.305 e. The average Bonchev–Trinajstić information content (AvgIpc) is 2.60. The molecular weight excluding hydrogens is 373 g/mol. The first-order valence-electron chi connectivity index (χ1n) is 7.19. The van der Waals surface area contributed by atoms with Crippen molar-refractivity contribution in [2.75, 3.05) is 0 Å². The number of hydrazine groups is 1. The Morgan fingerprint density at radius 2 is 1.70 bits per heavy atom. The Kier molecular flexibility index (Phi) is 5.58. The predicted molar refractivity (Wildman–Crippen MR) is 84.4 cm³/mol. The third kappa shape index (κ3) is 5.14. The summed E-state index contributed by atoms with van der Waals surface area (Å²) in [5.41, 5.74) is 1.75. The second-order valence-electron chi connectivity index (χ2n) is 5.19. The van der Waals surface area contributed by atoms with Gasteiger partial charge in [-0.3, -0.25) is 35.3 Å². The Hall–Kier alpha value is -3.70. The highest BCUT2D eigenvalue weighted by molar-refractivity contribution is 5.95. The zero-order chi connectivity index (χ0) is 20.2. The molecule has 1 aromatic carbocycles. The van der Waals surface area contributed by atoms with Gasteiger partial charge in [0.1, 0.15) is 6.54 Å². The maximum Gasteiger partial charge on any atom is 0.417 e. The van der Waals surface area contributed by atoms with Gasteiger partial charge in [-0.15, -0.1) is 0 Å². The van der Waals surface area contributed by atoms with Crippen molar-refractivity contribution < 1.29 is 27.7 Å². The van der Waals surface area contributed by atoms with Gasteiger partial charge in [-0.1, -0.05) is 0 Å². The molecule has 0 radical (unpaired) electrons. The van der Waals surface area contributed by atoms with Crippen LogP contribution in [0.2, 0.25) is 0 Å². The van der Waals surface area contributed by atoms with E-state index < -0.39 is 40.6 Å². The predicted octanol–water partition coefficient (Wildman–Crippen LogP) is 1.24. The standard InChI is InChI=1S/C15H11F3N4O5/c16-15(17,18)10-3-6-13(24)21(7-10)8-12(23)19-20-14(25)9-1-4-11(5-2-9)22(26)27/h1-7H,8H2,(H,19,23)(H,20,25). The highest BCUT2D eigenvalue weighted by atomic mass is 19.4. The number of non-ortho nitro benzene ring substituents is 1. The number of nitro groups is 1. The van der Waals surface area contributed by atoms with E-state index in [1.165, 1.54) is 0 Å². The second-order valence-corrected chi connectivity index (χ2v) is 5.19. The number of amides is 2. The van der Waals surface area contributed by atoms with E-state index in [9.17, 15) is 37.7 Å². The number of nitrogens with one attached hydrogen (secondary N) is 2. The number of halogens is 3. The highest BCUT2D eigenvalue weighted by Crippen LogP contribution is 2.27.